The maximum absolute atomic E-state index is 13.0. The average molecular weight is 338 g/mol. The van der Waals surface area contributed by atoms with E-state index in [9.17, 15) is 4.39 Å². The Hall–Kier alpha value is -1.39. The molecule has 0 spiro atoms. The van der Waals surface area contributed by atoms with Gasteiger partial charge in [-0.25, -0.2) is 4.39 Å². The summed E-state index contributed by atoms with van der Waals surface area (Å²) in [4.78, 5) is 0. The van der Waals surface area contributed by atoms with E-state index in [1.807, 2.05) is 31.3 Å². The Balaban J connectivity index is 2.00. The molecule has 1 unspecified atom stereocenters. The highest BCUT2D eigenvalue weighted by Crippen LogP contribution is 2.22. The largest absolute Gasteiger partial charge is 0.489 e. The molecule has 2 aromatic rings. The minimum atomic E-state index is -0.258. The summed E-state index contributed by atoms with van der Waals surface area (Å²) in [7, 11) is 1.93. The molecule has 0 aliphatic rings. The van der Waals surface area contributed by atoms with Crippen molar-refractivity contribution >= 4 is 15.9 Å². The van der Waals surface area contributed by atoms with Gasteiger partial charge >= 0.3 is 0 Å². The molecule has 0 aromatic heterocycles. The smallest absolute Gasteiger partial charge is 0.124 e. The molecular weight excluding hydrogens is 321 g/mol. The summed E-state index contributed by atoms with van der Waals surface area (Å²) in [6.45, 7) is 2.51. The first kappa shape index (κ1) is 15.0. The zero-order valence-corrected chi connectivity index (χ0v) is 13.1. The summed E-state index contributed by atoms with van der Waals surface area (Å²) in [5, 5.41) is 3.19. The van der Waals surface area contributed by atoms with Gasteiger partial charge < -0.3 is 10.1 Å². The van der Waals surface area contributed by atoms with E-state index in [1.165, 1.54) is 17.7 Å². The molecule has 2 rings (SSSR count). The minimum absolute atomic E-state index is 0.258. The quantitative estimate of drug-likeness (QED) is 0.870. The minimum Gasteiger partial charge on any atom is -0.489 e. The molecule has 0 fully saturated rings. The van der Waals surface area contributed by atoms with Gasteiger partial charge in [0.2, 0.25) is 0 Å². The molecule has 0 aliphatic carbocycles. The maximum atomic E-state index is 13.0. The Morgan fingerprint density at radius 3 is 2.50 bits per heavy atom. The van der Waals surface area contributed by atoms with Gasteiger partial charge in [-0.15, -0.1) is 0 Å². The molecule has 2 aromatic carbocycles. The van der Waals surface area contributed by atoms with E-state index in [1.54, 1.807) is 6.07 Å². The van der Waals surface area contributed by atoms with Crippen LogP contribution in [0.4, 0.5) is 4.39 Å². The Morgan fingerprint density at radius 2 is 1.90 bits per heavy atom. The number of halogens is 2. The van der Waals surface area contributed by atoms with E-state index >= 15 is 0 Å². The zero-order chi connectivity index (χ0) is 14.5. The normalized spacial score (nSPS) is 12.2. The fourth-order valence-electron chi connectivity index (χ4n) is 1.82. The van der Waals surface area contributed by atoms with Crippen LogP contribution in [0.15, 0.2) is 46.9 Å². The van der Waals surface area contributed by atoms with Crippen molar-refractivity contribution in [1.29, 1.82) is 0 Å². The summed E-state index contributed by atoms with van der Waals surface area (Å²) in [5.41, 5.74) is 2.13. The lowest BCUT2D eigenvalue weighted by atomic mass is 10.1. The maximum Gasteiger partial charge on any atom is 0.124 e. The number of hydrogen-bond acceptors (Lipinski definition) is 2. The lowest BCUT2D eigenvalue weighted by molar-refractivity contribution is 0.305. The van der Waals surface area contributed by atoms with E-state index in [2.05, 4.69) is 28.2 Å². The number of rotatable bonds is 5. The molecule has 4 heteroatoms. The third-order valence-corrected chi connectivity index (χ3v) is 3.96. The zero-order valence-electron chi connectivity index (χ0n) is 11.5. The number of nitrogens with one attached hydrogen (secondary N) is 1. The van der Waals surface area contributed by atoms with Crippen LogP contribution >= 0.6 is 15.9 Å². The van der Waals surface area contributed by atoms with Crippen LogP contribution in [0.2, 0.25) is 0 Å². The highest BCUT2D eigenvalue weighted by molar-refractivity contribution is 9.10. The Kier molecular flexibility index (Phi) is 5.15. The highest BCUT2D eigenvalue weighted by Gasteiger charge is 2.04. The van der Waals surface area contributed by atoms with Gasteiger partial charge in [0.15, 0.2) is 0 Å². The predicted molar refractivity (Wildman–Crippen MR) is 82.3 cm³/mol. The summed E-state index contributed by atoms with van der Waals surface area (Å²) in [5.74, 6) is 0.541. The van der Waals surface area contributed by atoms with Gasteiger partial charge in [-0.2, -0.15) is 0 Å². The standard InChI is InChI=1S/C16H17BrFNO/c1-11(19-2)12-4-7-15(8-5-12)20-10-13-3-6-14(18)9-16(13)17/h3-9,11,19H,10H2,1-2H3. The van der Waals surface area contributed by atoms with Gasteiger partial charge in [-0.3, -0.25) is 0 Å². The molecule has 0 heterocycles. The summed E-state index contributed by atoms with van der Waals surface area (Å²) in [6, 6.07) is 12.9. The van der Waals surface area contributed by atoms with Crippen LogP contribution in [0.25, 0.3) is 0 Å². The molecule has 1 atom stereocenters. The van der Waals surface area contributed by atoms with E-state index < -0.39 is 0 Å². The fourth-order valence-corrected chi connectivity index (χ4v) is 2.28. The van der Waals surface area contributed by atoms with Crippen molar-refractivity contribution in [2.45, 2.75) is 19.6 Å². The van der Waals surface area contributed by atoms with Crippen LogP contribution in [0, 0.1) is 5.82 Å². The fraction of sp³-hybridized carbons (Fsp3) is 0.250. The second-order valence-electron chi connectivity index (χ2n) is 4.60. The second kappa shape index (κ2) is 6.86. The van der Waals surface area contributed by atoms with Crippen LogP contribution in [-0.2, 0) is 6.61 Å². The lowest BCUT2D eigenvalue weighted by Gasteiger charge is -2.12. The third-order valence-electron chi connectivity index (χ3n) is 3.22. The van der Waals surface area contributed by atoms with Crippen LogP contribution in [0.5, 0.6) is 5.75 Å². The summed E-state index contributed by atoms with van der Waals surface area (Å²) >= 11 is 3.33. The Morgan fingerprint density at radius 1 is 1.20 bits per heavy atom. The van der Waals surface area contributed by atoms with Gasteiger partial charge in [0.1, 0.15) is 18.2 Å². The first-order chi connectivity index (χ1) is 9.60. The van der Waals surface area contributed by atoms with Crippen molar-refractivity contribution in [3.63, 3.8) is 0 Å². The lowest BCUT2D eigenvalue weighted by Crippen LogP contribution is -2.11. The van der Waals surface area contributed by atoms with Gasteiger partial charge in [0, 0.05) is 16.1 Å². The van der Waals surface area contributed by atoms with Crippen molar-refractivity contribution in [1.82, 2.24) is 5.32 Å². The predicted octanol–water partition coefficient (Wildman–Crippen LogP) is 4.45. The van der Waals surface area contributed by atoms with Crippen molar-refractivity contribution in [3.8, 4) is 5.75 Å². The molecule has 0 amide bonds. The SMILES string of the molecule is CNC(C)c1ccc(OCc2ccc(F)cc2Br)cc1. The number of ether oxygens (including phenoxy) is 1. The molecular formula is C16H17BrFNO. The first-order valence-corrected chi connectivity index (χ1v) is 7.23. The number of benzene rings is 2. The van der Waals surface area contributed by atoms with Gasteiger partial charge in [-0.1, -0.05) is 34.1 Å². The van der Waals surface area contributed by atoms with E-state index in [-0.39, 0.29) is 5.82 Å². The highest BCUT2D eigenvalue weighted by atomic mass is 79.9. The van der Waals surface area contributed by atoms with E-state index in [0.29, 0.717) is 12.6 Å². The molecule has 106 valence electrons. The van der Waals surface area contributed by atoms with Crippen LogP contribution in [0.3, 0.4) is 0 Å². The monoisotopic (exact) mass is 337 g/mol. The summed E-state index contributed by atoms with van der Waals surface area (Å²) in [6.07, 6.45) is 0. The molecule has 2 nitrogen and oxygen atoms in total. The molecule has 0 saturated heterocycles. The van der Waals surface area contributed by atoms with Crippen molar-refractivity contribution in [3.05, 3.63) is 63.9 Å². The van der Waals surface area contributed by atoms with Crippen LogP contribution < -0.4 is 10.1 Å². The van der Waals surface area contributed by atoms with Crippen LogP contribution in [0.1, 0.15) is 24.1 Å². The molecule has 0 bridgehead atoms. The molecule has 20 heavy (non-hydrogen) atoms. The average Bonchev–Trinajstić information content (AvgIpc) is 2.46. The third kappa shape index (κ3) is 3.81. The summed E-state index contributed by atoms with van der Waals surface area (Å²) < 4.78 is 19.4. The Bertz CT molecular complexity index is 571. The molecule has 0 aliphatic heterocycles. The molecule has 0 radical (unpaired) electrons. The Labute approximate surface area is 127 Å². The second-order valence-corrected chi connectivity index (χ2v) is 5.46. The number of hydrogen-bond donors (Lipinski definition) is 1. The van der Waals surface area contributed by atoms with E-state index in [4.69, 9.17) is 4.74 Å². The first-order valence-electron chi connectivity index (χ1n) is 6.44. The van der Waals surface area contributed by atoms with Gasteiger partial charge in [0.25, 0.3) is 0 Å². The van der Waals surface area contributed by atoms with Crippen molar-refractivity contribution in [2.24, 2.45) is 0 Å². The van der Waals surface area contributed by atoms with Crippen molar-refractivity contribution in [2.75, 3.05) is 7.05 Å². The van der Waals surface area contributed by atoms with E-state index in [0.717, 1.165) is 15.8 Å². The van der Waals surface area contributed by atoms with Gasteiger partial charge in [0.05, 0.1) is 0 Å². The van der Waals surface area contributed by atoms with Crippen LogP contribution in [-0.4, -0.2) is 7.05 Å². The topological polar surface area (TPSA) is 21.3 Å². The molecule has 1 N–H and O–H groups in total. The van der Waals surface area contributed by atoms with Gasteiger partial charge in [-0.05, 0) is 43.8 Å². The molecule has 0 saturated carbocycles. The van der Waals surface area contributed by atoms with Crippen molar-refractivity contribution < 1.29 is 9.13 Å².